The summed E-state index contributed by atoms with van der Waals surface area (Å²) in [5, 5.41) is 20.3. The molecule has 1 aliphatic heterocycles. The minimum Gasteiger partial charge on any atom is -0.494 e. The van der Waals surface area contributed by atoms with E-state index in [0.29, 0.717) is 12.4 Å². The number of rotatable bonds is 7. The number of aromatic nitrogens is 1. The molecule has 0 amide bonds. The molecule has 7 nitrogen and oxygen atoms in total. The molecule has 2 aromatic rings. The molecule has 0 spiro atoms. The van der Waals surface area contributed by atoms with Gasteiger partial charge in [0.05, 0.1) is 18.2 Å². The monoisotopic (exact) mass is 414 g/mol. The van der Waals surface area contributed by atoms with Gasteiger partial charge in [-0.25, -0.2) is 4.39 Å². The van der Waals surface area contributed by atoms with Gasteiger partial charge in [0, 0.05) is 6.61 Å². The number of nitrogens with zero attached hydrogens (tertiary/aromatic N) is 2. The van der Waals surface area contributed by atoms with E-state index in [4.69, 9.17) is 9.47 Å². The second-order valence-corrected chi connectivity index (χ2v) is 7.19. The van der Waals surface area contributed by atoms with Crippen LogP contribution in [-0.2, 0) is 11.3 Å². The van der Waals surface area contributed by atoms with Gasteiger partial charge in [0.25, 0.3) is 5.56 Å². The number of Topliss-reactive ketones (excluding diaryl/α,β-unsaturated/α-hetero) is 1. The highest BCUT2D eigenvalue weighted by Gasteiger charge is 2.30. The van der Waals surface area contributed by atoms with Gasteiger partial charge in [-0.3, -0.25) is 14.2 Å². The topological polar surface area (TPSA) is 102 Å². The number of nitriles is 1. The number of aromatic hydroxyl groups is 1. The minimum atomic E-state index is -0.986. The summed E-state index contributed by atoms with van der Waals surface area (Å²) in [4.78, 5) is 26.0. The average molecular weight is 414 g/mol. The van der Waals surface area contributed by atoms with Crippen LogP contribution in [0, 0.1) is 24.1 Å². The zero-order valence-electron chi connectivity index (χ0n) is 16.9. The summed E-state index contributed by atoms with van der Waals surface area (Å²) in [6.07, 6.45) is 0.563. The first-order valence-corrected chi connectivity index (χ1v) is 9.81. The lowest BCUT2D eigenvalue weighted by molar-refractivity contribution is 0.0775. The normalized spacial score (nSPS) is 16.8. The van der Waals surface area contributed by atoms with Crippen molar-refractivity contribution in [3.05, 3.63) is 57.1 Å². The van der Waals surface area contributed by atoms with Gasteiger partial charge >= 0.3 is 0 Å². The number of carbonyl (C=O) groups is 1. The van der Waals surface area contributed by atoms with Crippen molar-refractivity contribution < 1.29 is 23.8 Å². The van der Waals surface area contributed by atoms with Crippen LogP contribution in [0.5, 0.6) is 11.6 Å². The Morgan fingerprint density at radius 2 is 2.13 bits per heavy atom. The van der Waals surface area contributed by atoms with E-state index >= 15 is 0 Å². The number of hydrogen-bond donors (Lipinski definition) is 1. The van der Waals surface area contributed by atoms with Crippen molar-refractivity contribution in [1.29, 1.82) is 5.26 Å². The molecule has 1 aliphatic rings. The maximum Gasteiger partial charge on any atom is 0.271 e. The highest BCUT2D eigenvalue weighted by atomic mass is 19.1. The molecule has 2 heterocycles. The molecule has 3 rings (SSSR count). The fourth-order valence-corrected chi connectivity index (χ4v) is 3.57. The van der Waals surface area contributed by atoms with Crippen molar-refractivity contribution in [2.45, 2.75) is 51.9 Å². The van der Waals surface area contributed by atoms with Crippen LogP contribution >= 0.6 is 0 Å². The number of halogens is 1. The third kappa shape index (κ3) is 4.21. The molecule has 0 aliphatic carbocycles. The number of ether oxygens (including phenoxy) is 2. The van der Waals surface area contributed by atoms with Gasteiger partial charge in [-0.1, -0.05) is 6.92 Å². The molecule has 2 atom stereocenters. The van der Waals surface area contributed by atoms with E-state index in [-0.39, 0.29) is 35.8 Å². The largest absolute Gasteiger partial charge is 0.494 e. The SMILES string of the molecule is CCC(Oc1ccc(F)cc1)C(=O)c1c(C)c(C#N)c(=O)n(CC2CCCO2)c1O. The van der Waals surface area contributed by atoms with Gasteiger partial charge < -0.3 is 14.6 Å². The quantitative estimate of drug-likeness (QED) is 0.699. The molecule has 0 bridgehead atoms. The number of benzene rings is 1. The molecule has 30 heavy (non-hydrogen) atoms. The van der Waals surface area contributed by atoms with E-state index in [1.54, 1.807) is 6.92 Å². The molecule has 0 radical (unpaired) electrons. The fourth-order valence-electron chi connectivity index (χ4n) is 3.57. The van der Waals surface area contributed by atoms with Crippen LogP contribution < -0.4 is 10.3 Å². The van der Waals surface area contributed by atoms with Crippen LogP contribution in [0.15, 0.2) is 29.1 Å². The Balaban J connectivity index is 2.01. The van der Waals surface area contributed by atoms with E-state index in [9.17, 15) is 24.3 Å². The van der Waals surface area contributed by atoms with Crippen molar-refractivity contribution in [3.63, 3.8) is 0 Å². The minimum absolute atomic E-state index is 0.0511. The third-order valence-electron chi connectivity index (χ3n) is 5.21. The molecule has 1 aromatic heterocycles. The molecule has 2 unspecified atom stereocenters. The first-order valence-electron chi connectivity index (χ1n) is 9.81. The summed E-state index contributed by atoms with van der Waals surface area (Å²) in [5.74, 6) is -1.20. The summed E-state index contributed by atoms with van der Waals surface area (Å²) in [7, 11) is 0. The van der Waals surface area contributed by atoms with Gasteiger partial charge in [0.1, 0.15) is 23.2 Å². The first-order chi connectivity index (χ1) is 14.4. The van der Waals surface area contributed by atoms with E-state index in [1.807, 2.05) is 6.07 Å². The van der Waals surface area contributed by atoms with E-state index in [1.165, 1.54) is 31.2 Å². The lowest BCUT2D eigenvalue weighted by Gasteiger charge is -2.21. The summed E-state index contributed by atoms with van der Waals surface area (Å²) < 4.78 is 25.4. The zero-order chi connectivity index (χ0) is 21.8. The highest BCUT2D eigenvalue weighted by molar-refractivity contribution is 6.03. The maximum atomic E-state index is 13.2. The fraction of sp³-hybridized carbons (Fsp3) is 0.409. The van der Waals surface area contributed by atoms with E-state index in [0.717, 1.165) is 17.4 Å². The number of hydrogen-bond acceptors (Lipinski definition) is 6. The summed E-state index contributed by atoms with van der Waals surface area (Å²) in [6.45, 7) is 3.79. The van der Waals surface area contributed by atoms with Crippen molar-refractivity contribution in [2.24, 2.45) is 0 Å². The number of pyridine rings is 1. The second-order valence-electron chi connectivity index (χ2n) is 7.19. The number of carbonyl (C=O) groups excluding carboxylic acids is 1. The number of ketones is 1. The van der Waals surface area contributed by atoms with E-state index in [2.05, 4.69) is 0 Å². The molecule has 1 aromatic carbocycles. The average Bonchev–Trinajstić information content (AvgIpc) is 3.24. The van der Waals surface area contributed by atoms with Crippen LogP contribution in [0.2, 0.25) is 0 Å². The molecule has 1 N–H and O–H groups in total. The zero-order valence-corrected chi connectivity index (χ0v) is 16.9. The third-order valence-corrected chi connectivity index (χ3v) is 5.21. The van der Waals surface area contributed by atoms with Crippen LogP contribution in [0.3, 0.4) is 0 Å². The van der Waals surface area contributed by atoms with Gasteiger partial charge in [0.15, 0.2) is 6.10 Å². The molecule has 0 saturated carbocycles. The van der Waals surface area contributed by atoms with E-state index < -0.39 is 29.1 Å². The van der Waals surface area contributed by atoms with Crippen molar-refractivity contribution in [2.75, 3.05) is 6.61 Å². The lowest BCUT2D eigenvalue weighted by atomic mass is 9.97. The summed E-state index contributed by atoms with van der Waals surface area (Å²) in [6, 6.07) is 7.07. The lowest BCUT2D eigenvalue weighted by Crippen LogP contribution is -2.33. The highest BCUT2D eigenvalue weighted by Crippen LogP contribution is 2.27. The molecule has 8 heteroatoms. The Morgan fingerprint density at radius 3 is 2.70 bits per heavy atom. The van der Waals surface area contributed by atoms with Gasteiger partial charge in [0.2, 0.25) is 11.7 Å². The van der Waals surface area contributed by atoms with Gasteiger partial charge in [-0.05, 0) is 56.0 Å². The standard InChI is InChI=1S/C22H23FN2O5/c1-3-18(30-15-8-6-14(23)7-9-15)20(26)19-13(2)17(11-24)21(27)25(22(19)28)12-16-5-4-10-29-16/h6-9,16,18,28H,3-5,10,12H2,1-2H3. The van der Waals surface area contributed by atoms with Crippen LogP contribution in [0.1, 0.15) is 47.7 Å². The smallest absolute Gasteiger partial charge is 0.271 e. The Bertz CT molecular complexity index is 1030. The summed E-state index contributed by atoms with van der Waals surface area (Å²) >= 11 is 0. The first kappa shape index (κ1) is 21.5. The van der Waals surface area contributed by atoms with Crippen LogP contribution in [0.4, 0.5) is 4.39 Å². The van der Waals surface area contributed by atoms with Gasteiger partial charge in [-0.15, -0.1) is 0 Å². The molecule has 1 saturated heterocycles. The second kappa shape index (κ2) is 9.09. The van der Waals surface area contributed by atoms with Crippen LogP contribution in [0.25, 0.3) is 0 Å². The Kier molecular flexibility index (Phi) is 6.53. The predicted octanol–water partition coefficient (Wildman–Crippen LogP) is 3.09. The van der Waals surface area contributed by atoms with Crippen LogP contribution in [-0.4, -0.2) is 34.3 Å². The maximum absolute atomic E-state index is 13.2. The molecule has 158 valence electrons. The molecule has 1 fully saturated rings. The molecular formula is C22H23FN2O5. The Morgan fingerprint density at radius 1 is 1.43 bits per heavy atom. The van der Waals surface area contributed by atoms with Crippen molar-refractivity contribution >= 4 is 5.78 Å². The Hall–Kier alpha value is -3.18. The summed E-state index contributed by atoms with van der Waals surface area (Å²) in [5.41, 5.74) is -0.884. The predicted molar refractivity (Wildman–Crippen MR) is 106 cm³/mol. The van der Waals surface area contributed by atoms with Crippen molar-refractivity contribution in [3.8, 4) is 17.7 Å². The molecular weight excluding hydrogens is 391 g/mol. The van der Waals surface area contributed by atoms with Crippen molar-refractivity contribution in [1.82, 2.24) is 4.57 Å². The van der Waals surface area contributed by atoms with Gasteiger partial charge in [-0.2, -0.15) is 5.26 Å². The Labute approximate surface area is 173 Å².